The number of aromatic nitrogens is 2. The first kappa shape index (κ1) is 13.9. The topological polar surface area (TPSA) is 82.2 Å². The van der Waals surface area contributed by atoms with Gasteiger partial charge in [-0.1, -0.05) is 0 Å². The van der Waals surface area contributed by atoms with Crippen LogP contribution in [0.25, 0.3) is 0 Å². The Bertz CT molecular complexity index is 607. The van der Waals surface area contributed by atoms with Crippen LogP contribution in [0.3, 0.4) is 0 Å². The van der Waals surface area contributed by atoms with Crippen LogP contribution >= 0.6 is 0 Å². The van der Waals surface area contributed by atoms with Crippen LogP contribution in [-0.2, 0) is 13.6 Å². The minimum atomic E-state index is -0.180. The molecule has 0 spiro atoms. The van der Waals surface area contributed by atoms with Crippen LogP contribution in [0.5, 0.6) is 5.75 Å². The van der Waals surface area contributed by atoms with Crippen molar-refractivity contribution in [1.29, 1.82) is 0 Å². The van der Waals surface area contributed by atoms with Crippen LogP contribution in [-0.4, -0.2) is 22.3 Å². The number of nitrogen functional groups attached to an aromatic ring is 1. The van der Waals surface area contributed by atoms with E-state index in [1.165, 1.54) is 0 Å². The average molecular weight is 274 g/mol. The summed E-state index contributed by atoms with van der Waals surface area (Å²) in [5.74, 6) is 0.414. The normalized spacial score (nSPS) is 10.3. The minimum absolute atomic E-state index is 0.180. The molecule has 2 aromatic rings. The second kappa shape index (κ2) is 6.10. The molecule has 106 valence electrons. The van der Waals surface area contributed by atoms with E-state index in [0.29, 0.717) is 30.2 Å². The smallest absolute Gasteiger partial charge is 0.251 e. The van der Waals surface area contributed by atoms with Gasteiger partial charge in [0.2, 0.25) is 0 Å². The summed E-state index contributed by atoms with van der Waals surface area (Å²) in [6.07, 6.45) is 1.69. The third-order valence-corrected chi connectivity index (χ3v) is 2.92. The first-order valence-corrected chi connectivity index (χ1v) is 6.39. The Morgan fingerprint density at radius 2 is 2.25 bits per heavy atom. The quantitative estimate of drug-likeness (QED) is 0.806. The molecule has 1 aromatic heterocycles. The zero-order chi connectivity index (χ0) is 14.5. The molecule has 2 rings (SSSR count). The number of carbonyl (C=O) groups is 1. The first-order valence-electron chi connectivity index (χ1n) is 6.39. The van der Waals surface area contributed by atoms with Crippen LogP contribution in [0.4, 0.5) is 5.69 Å². The molecule has 1 heterocycles. The number of rotatable bonds is 5. The summed E-state index contributed by atoms with van der Waals surface area (Å²) in [6, 6.07) is 6.87. The number of aryl methyl sites for hydroxylation is 1. The van der Waals surface area contributed by atoms with E-state index in [1.807, 2.05) is 20.0 Å². The Morgan fingerprint density at radius 3 is 2.85 bits per heavy atom. The van der Waals surface area contributed by atoms with Crippen LogP contribution < -0.4 is 15.8 Å². The standard InChI is InChI=1S/C14H18N4O2/c1-3-20-13-5-4-10(8-12(13)15)14(19)16-9-11-6-7-17-18(11)2/h4-8H,3,9,15H2,1-2H3,(H,16,19). The molecule has 0 bridgehead atoms. The van der Waals surface area contributed by atoms with Crippen molar-refractivity contribution < 1.29 is 9.53 Å². The van der Waals surface area contributed by atoms with Crippen molar-refractivity contribution in [3.05, 3.63) is 41.7 Å². The molecule has 20 heavy (non-hydrogen) atoms. The summed E-state index contributed by atoms with van der Waals surface area (Å²) in [4.78, 5) is 12.0. The Morgan fingerprint density at radius 1 is 1.45 bits per heavy atom. The summed E-state index contributed by atoms with van der Waals surface area (Å²) < 4.78 is 7.05. The maximum absolute atomic E-state index is 12.0. The molecule has 0 unspecified atom stereocenters. The maximum atomic E-state index is 12.0. The number of hydrogen-bond acceptors (Lipinski definition) is 4. The van der Waals surface area contributed by atoms with Gasteiger partial charge in [0.15, 0.2) is 0 Å². The molecule has 0 saturated carbocycles. The lowest BCUT2D eigenvalue weighted by Crippen LogP contribution is -2.24. The maximum Gasteiger partial charge on any atom is 0.251 e. The van der Waals surface area contributed by atoms with Crippen LogP contribution in [0.2, 0.25) is 0 Å². The molecule has 0 fully saturated rings. The zero-order valence-electron chi connectivity index (χ0n) is 11.6. The van der Waals surface area contributed by atoms with Gasteiger partial charge in [-0.05, 0) is 31.2 Å². The highest BCUT2D eigenvalue weighted by Gasteiger charge is 2.09. The number of ether oxygens (including phenoxy) is 1. The molecule has 0 radical (unpaired) electrons. The number of nitrogens with zero attached hydrogens (tertiary/aromatic N) is 2. The second-order valence-electron chi connectivity index (χ2n) is 4.31. The summed E-state index contributed by atoms with van der Waals surface area (Å²) >= 11 is 0. The lowest BCUT2D eigenvalue weighted by atomic mass is 10.1. The highest BCUT2D eigenvalue weighted by atomic mass is 16.5. The molecular weight excluding hydrogens is 256 g/mol. The third kappa shape index (κ3) is 3.09. The molecule has 0 saturated heterocycles. The van der Waals surface area contributed by atoms with Crippen LogP contribution in [0.15, 0.2) is 30.5 Å². The largest absolute Gasteiger partial charge is 0.492 e. The lowest BCUT2D eigenvalue weighted by Gasteiger charge is -2.09. The number of benzene rings is 1. The highest BCUT2D eigenvalue weighted by Crippen LogP contribution is 2.22. The van der Waals surface area contributed by atoms with Gasteiger partial charge in [-0.25, -0.2) is 0 Å². The van der Waals surface area contributed by atoms with E-state index >= 15 is 0 Å². The van der Waals surface area contributed by atoms with E-state index < -0.39 is 0 Å². The van der Waals surface area contributed by atoms with E-state index in [0.717, 1.165) is 5.69 Å². The highest BCUT2D eigenvalue weighted by molar-refractivity contribution is 5.95. The Hall–Kier alpha value is -2.50. The van der Waals surface area contributed by atoms with Gasteiger partial charge in [0, 0.05) is 18.8 Å². The molecule has 0 aliphatic heterocycles. The number of nitrogens with one attached hydrogen (secondary N) is 1. The average Bonchev–Trinajstić information content (AvgIpc) is 2.84. The van der Waals surface area contributed by atoms with Crippen molar-refractivity contribution in [2.24, 2.45) is 7.05 Å². The van der Waals surface area contributed by atoms with Crippen LogP contribution in [0.1, 0.15) is 23.0 Å². The van der Waals surface area contributed by atoms with Crippen molar-refractivity contribution in [2.45, 2.75) is 13.5 Å². The number of anilines is 1. The molecule has 6 nitrogen and oxygen atoms in total. The molecule has 1 aromatic carbocycles. The second-order valence-corrected chi connectivity index (χ2v) is 4.31. The SMILES string of the molecule is CCOc1ccc(C(=O)NCc2ccnn2C)cc1N. The molecule has 0 aliphatic carbocycles. The van der Waals surface area contributed by atoms with E-state index in [2.05, 4.69) is 10.4 Å². The number of hydrogen-bond donors (Lipinski definition) is 2. The predicted molar refractivity (Wildman–Crippen MR) is 76.4 cm³/mol. The summed E-state index contributed by atoms with van der Waals surface area (Å²) in [7, 11) is 1.83. The molecule has 3 N–H and O–H groups in total. The van der Waals surface area contributed by atoms with Gasteiger partial charge in [0.05, 0.1) is 24.5 Å². The zero-order valence-corrected chi connectivity index (χ0v) is 11.6. The van der Waals surface area contributed by atoms with E-state index in [-0.39, 0.29) is 5.91 Å². The van der Waals surface area contributed by atoms with Crippen molar-refractivity contribution in [3.63, 3.8) is 0 Å². The van der Waals surface area contributed by atoms with Crippen molar-refractivity contribution in [2.75, 3.05) is 12.3 Å². The lowest BCUT2D eigenvalue weighted by molar-refractivity contribution is 0.0950. The van der Waals surface area contributed by atoms with Crippen LogP contribution in [0, 0.1) is 0 Å². The third-order valence-electron chi connectivity index (χ3n) is 2.92. The molecule has 0 atom stereocenters. The molecule has 6 heteroatoms. The van der Waals surface area contributed by atoms with Gasteiger partial charge in [-0.3, -0.25) is 9.48 Å². The van der Waals surface area contributed by atoms with Crippen molar-refractivity contribution >= 4 is 11.6 Å². The molecule has 0 aliphatic rings. The minimum Gasteiger partial charge on any atom is -0.492 e. The fourth-order valence-electron chi connectivity index (χ4n) is 1.82. The fourth-order valence-corrected chi connectivity index (χ4v) is 1.82. The van der Waals surface area contributed by atoms with Gasteiger partial charge >= 0.3 is 0 Å². The number of amides is 1. The van der Waals surface area contributed by atoms with Gasteiger partial charge in [-0.2, -0.15) is 5.10 Å². The Balaban J connectivity index is 2.02. The summed E-state index contributed by atoms with van der Waals surface area (Å²) in [6.45, 7) is 2.84. The Kier molecular flexibility index (Phi) is 4.24. The number of carbonyl (C=O) groups excluding carboxylic acids is 1. The van der Waals surface area contributed by atoms with E-state index in [4.69, 9.17) is 10.5 Å². The fraction of sp³-hybridized carbons (Fsp3) is 0.286. The monoisotopic (exact) mass is 274 g/mol. The first-order chi connectivity index (χ1) is 9.61. The molecule has 1 amide bonds. The van der Waals surface area contributed by atoms with Gasteiger partial charge in [0.1, 0.15) is 5.75 Å². The van der Waals surface area contributed by atoms with E-state index in [9.17, 15) is 4.79 Å². The summed E-state index contributed by atoms with van der Waals surface area (Å²) in [5.41, 5.74) is 7.73. The summed E-state index contributed by atoms with van der Waals surface area (Å²) in [5, 5.41) is 6.87. The molecular formula is C14H18N4O2. The van der Waals surface area contributed by atoms with Crippen molar-refractivity contribution in [3.8, 4) is 5.75 Å². The van der Waals surface area contributed by atoms with Gasteiger partial charge < -0.3 is 15.8 Å². The van der Waals surface area contributed by atoms with Gasteiger partial charge in [0.25, 0.3) is 5.91 Å². The Labute approximate surface area is 117 Å². The predicted octanol–water partition coefficient (Wildman–Crippen LogP) is 1.33. The van der Waals surface area contributed by atoms with Crippen molar-refractivity contribution in [1.82, 2.24) is 15.1 Å². The number of nitrogens with two attached hydrogens (primary N) is 1. The van der Waals surface area contributed by atoms with Gasteiger partial charge in [-0.15, -0.1) is 0 Å². The van der Waals surface area contributed by atoms with E-state index in [1.54, 1.807) is 29.1 Å².